The minimum Gasteiger partial charge on any atom is -0.388 e. The van der Waals surface area contributed by atoms with E-state index in [0.29, 0.717) is 12.2 Å². The molecule has 2 fully saturated rings. The van der Waals surface area contributed by atoms with Gasteiger partial charge < -0.3 is 34.1 Å². The van der Waals surface area contributed by atoms with Crippen LogP contribution in [0, 0.1) is 0 Å². The van der Waals surface area contributed by atoms with Crippen molar-refractivity contribution in [1.29, 1.82) is 0 Å². The Morgan fingerprint density at radius 1 is 1.00 bits per heavy atom. The number of ether oxygens (including phenoxy) is 3. The Kier molecular flexibility index (Phi) is 6.58. The topological polar surface area (TPSA) is 112 Å². The SMILES string of the molecule is C(OCC1CO1)C1CO1.O=P(CO)(CO)CO. The first kappa shape index (κ1) is 15.0. The number of epoxide rings is 2. The highest BCUT2D eigenvalue weighted by molar-refractivity contribution is 7.63. The van der Waals surface area contributed by atoms with E-state index in [1.54, 1.807) is 0 Å². The van der Waals surface area contributed by atoms with Crippen molar-refractivity contribution >= 4 is 7.14 Å². The summed E-state index contributed by atoms with van der Waals surface area (Å²) >= 11 is 0. The molecule has 2 atom stereocenters. The quantitative estimate of drug-likeness (QED) is 0.402. The monoisotopic (exact) mass is 270 g/mol. The minimum atomic E-state index is -3.00. The fourth-order valence-electron chi connectivity index (χ4n) is 0.794. The van der Waals surface area contributed by atoms with Crippen LogP contribution in [-0.2, 0) is 18.8 Å². The molecule has 0 amide bonds. The molecule has 0 saturated carbocycles. The molecule has 2 aliphatic heterocycles. The van der Waals surface area contributed by atoms with E-state index in [1.807, 2.05) is 0 Å². The first-order valence-electron chi connectivity index (χ1n) is 5.34. The van der Waals surface area contributed by atoms with E-state index in [1.165, 1.54) is 0 Å². The van der Waals surface area contributed by atoms with Crippen LogP contribution in [0.3, 0.4) is 0 Å². The third kappa shape index (κ3) is 7.10. The van der Waals surface area contributed by atoms with E-state index in [-0.39, 0.29) is 0 Å². The van der Waals surface area contributed by atoms with Crippen molar-refractivity contribution in [1.82, 2.24) is 0 Å². The van der Waals surface area contributed by atoms with Crippen LogP contribution < -0.4 is 0 Å². The number of aliphatic hydroxyl groups is 3. The molecule has 0 aromatic heterocycles. The molecule has 2 unspecified atom stereocenters. The van der Waals surface area contributed by atoms with Gasteiger partial charge in [0.1, 0.15) is 31.3 Å². The summed E-state index contributed by atoms with van der Waals surface area (Å²) in [6.07, 6.45) is -1.09. The molecule has 17 heavy (non-hydrogen) atoms. The third-order valence-electron chi connectivity index (χ3n) is 2.19. The molecule has 7 nitrogen and oxygen atoms in total. The van der Waals surface area contributed by atoms with E-state index in [4.69, 9.17) is 29.5 Å². The van der Waals surface area contributed by atoms with Crippen molar-refractivity contribution in [2.75, 3.05) is 45.5 Å². The molecule has 0 radical (unpaired) electrons. The van der Waals surface area contributed by atoms with Gasteiger partial charge in [0, 0.05) is 0 Å². The zero-order chi connectivity index (χ0) is 12.7. The lowest BCUT2D eigenvalue weighted by atomic mass is 10.5. The highest BCUT2D eigenvalue weighted by atomic mass is 31.2. The van der Waals surface area contributed by atoms with E-state index in [0.717, 1.165) is 26.4 Å². The van der Waals surface area contributed by atoms with Crippen molar-refractivity contribution in [3.8, 4) is 0 Å². The first-order chi connectivity index (χ1) is 8.13. The Bertz CT molecular complexity index is 221. The summed E-state index contributed by atoms with van der Waals surface area (Å²) in [5.74, 6) is 0. The van der Waals surface area contributed by atoms with Crippen molar-refractivity contribution in [2.24, 2.45) is 0 Å². The number of hydrogen-bond donors (Lipinski definition) is 3. The Morgan fingerprint density at radius 3 is 1.53 bits per heavy atom. The van der Waals surface area contributed by atoms with Crippen molar-refractivity contribution in [3.05, 3.63) is 0 Å². The van der Waals surface area contributed by atoms with Gasteiger partial charge in [-0.05, 0) is 0 Å². The molecule has 2 heterocycles. The van der Waals surface area contributed by atoms with Gasteiger partial charge in [0.15, 0.2) is 7.14 Å². The molecular weight excluding hydrogens is 251 g/mol. The summed E-state index contributed by atoms with van der Waals surface area (Å²) in [6, 6.07) is 0. The molecule has 2 saturated heterocycles. The Hall–Kier alpha value is -0.0100. The van der Waals surface area contributed by atoms with Crippen LogP contribution in [-0.4, -0.2) is 73.0 Å². The smallest absolute Gasteiger partial charge is 0.160 e. The molecule has 0 spiro atoms. The molecule has 0 aromatic carbocycles. The van der Waals surface area contributed by atoms with Crippen LogP contribution in [0.2, 0.25) is 0 Å². The van der Waals surface area contributed by atoms with Crippen LogP contribution in [0.4, 0.5) is 0 Å². The number of rotatable bonds is 7. The van der Waals surface area contributed by atoms with Crippen LogP contribution in [0.5, 0.6) is 0 Å². The summed E-state index contributed by atoms with van der Waals surface area (Å²) in [7, 11) is -3.00. The van der Waals surface area contributed by atoms with E-state index < -0.39 is 26.2 Å². The van der Waals surface area contributed by atoms with Gasteiger partial charge >= 0.3 is 0 Å². The van der Waals surface area contributed by atoms with Crippen molar-refractivity contribution in [3.63, 3.8) is 0 Å². The maximum Gasteiger partial charge on any atom is 0.160 e. The van der Waals surface area contributed by atoms with E-state index in [2.05, 4.69) is 0 Å². The molecule has 0 bridgehead atoms. The number of hydrogen-bond acceptors (Lipinski definition) is 7. The summed E-state index contributed by atoms with van der Waals surface area (Å²) in [6.45, 7) is 3.26. The molecule has 0 aliphatic carbocycles. The van der Waals surface area contributed by atoms with Crippen molar-refractivity contribution < 1.29 is 34.1 Å². The van der Waals surface area contributed by atoms with Gasteiger partial charge in [-0.3, -0.25) is 0 Å². The zero-order valence-corrected chi connectivity index (χ0v) is 10.4. The maximum atomic E-state index is 10.6. The summed E-state index contributed by atoms with van der Waals surface area (Å²) in [4.78, 5) is 0. The molecule has 0 aromatic rings. The second kappa shape index (κ2) is 7.43. The fraction of sp³-hybridized carbons (Fsp3) is 1.00. The molecular formula is C9H19O7P. The van der Waals surface area contributed by atoms with E-state index in [9.17, 15) is 4.57 Å². The van der Waals surface area contributed by atoms with Crippen LogP contribution >= 0.6 is 7.14 Å². The predicted octanol–water partition coefficient (Wildman–Crippen LogP) is -1.00. The van der Waals surface area contributed by atoms with Gasteiger partial charge in [-0.2, -0.15) is 0 Å². The highest BCUT2D eigenvalue weighted by Crippen LogP contribution is 2.40. The standard InChI is InChI=1S/C6H10O3.C3H9O4P/c1(5-3-8-5)7-2-6-4-9-6;4-1-8(7,2-5)3-6/h5-6H,1-4H2;4-6H,1-3H2. The van der Waals surface area contributed by atoms with Gasteiger partial charge in [0.2, 0.25) is 0 Å². The number of aliphatic hydroxyl groups excluding tert-OH is 3. The normalized spacial score (nSPS) is 26.1. The van der Waals surface area contributed by atoms with Gasteiger partial charge in [0.25, 0.3) is 0 Å². The van der Waals surface area contributed by atoms with Gasteiger partial charge in [-0.25, -0.2) is 0 Å². The second-order valence-corrected chi connectivity index (χ2v) is 6.90. The van der Waals surface area contributed by atoms with Gasteiger partial charge in [0.05, 0.1) is 26.4 Å². The second-order valence-electron chi connectivity index (χ2n) is 3.93. The highest BCUT2D eigenvalue weighted by Gasteiger charge is 2.26. The lowest BCUT2D eigenvalue weighted by Gasteiger charge is -2.05. The zero-order valence-electron chi connectivity index (χ0n) is 9.53. The van der Waals surface area contributed by atoms with Gasteiger partial charge in [-0.15, -0.1) is 0 Å². The summed E-state index contributed by atoms with van der Waals surface area (Å²) in [5.41, 5.74) is 0. The Morgan fingerprint density at radius 2 is 1.35 bits per heavy atom. The molecule has 2 aliphatic rings. The van der Waals surface area contributed by atoms with Crippen molar-refractivity contribution in [2.45, 2.75) is 12.2 Å². The average molecular weight is 270 g/mol. The summed E-state index contributed by atoms with van der Waals surface area (Å²) in [5, 5.41) is 24.6. The minimum absolute atomic E-state index is 0.392. The third-order valence-corrected chi connectivity index (χ3v) is 3.73. The van der Waals surface area contributed by atoms with Crippen LogP contribution in [0.15, 0.2) is 0 Å². The lowest BCUT2D eigenvalue weighted by molar-refractivity contribution is 0.102. The summed E-state index contributed by atoms with van der Waals surface area (Å²) < 4.78 is 25.7. The van der Waals surface area contributed by atoms with Gasteiger partial charge in [-0.1, -0.05) is 0 Å². The Labute approximate surface area is 99.7 Å². The first-order valence-corrected chi connectivity index (χ1v) is 7.60. The fourth-order valence-corrected chi connectivity index (χ4v) is 1.06. The Balaban J connectivity index is 0.000000172. The molecule has 3 N–H and O–H groups in total. The average Bonchev–Trinajstić information content (AvgIpc) is 3.23. The van der Waals surface area contributed by atoms with Crippen LogP contribution in [0.25, 0.3) is 0 Å². The van der Waals surface area contributed by atoms with Crippen LogP contribution in [0.1, 0.15) is 0 Å². The largest absolute Gasteiger partial charge is 0.388 e. The molecule has 8 heteroatoms. The van der Waals surface area contributed by atoms with E-state index >= 15 is 0 Å². The molecule has 102 valence electrons. The molecule has 2 rings (SSSR count). The maximum absolute atomic E-state index is 10.6. The predicted molar refractivity (Wildman–Crippen MR) is 59.2 cm³/mol. The lowest BCUT2D eigenvalue weighted by Crippen LogP contribution is -2.06.